The van der Waals surface area contributed by atoms with E-state index in [1.807, 2.05) is 13.8 Å². The predicted molar refractivity (Wildman–Crippen MR) is 80.4 cm³/mol. The minimum absolute atomic E-state index is 0.413. The van der Waals surface area contributed by atoms with Crippen LogP contribution in [0.4, 0.5) is 11.9 Å². The monoisotopic (exact) mass is 279 g/mol. The van der Waals surface area contributed by atoms with Crippen LogP contribution in [0.3, 0.4) is 0 Å². The van der Waals surface area contributed by atoms with E-state index in [1.165, 1.54) is 19.3 Å². The molecule has 0 aromatic carbocycles. The number of unbranched alkanes of at least 4 members (excludes halogenated alkanes) is 1. The molecule has 0 bridgehead atoms. The third-order valence-electron chi connectivity index (χ3n) is 3.21. The Balaban J connectivity index is 2.21. The number of ether oxygens (including phenoxy) is 1. The zero-order valence-electron chi connectivity index (χ0n) is 12.7. The highest BCUT2D eigenvalue weighted by atomic mass is 16.5. The van der Waals surface area contributed by atoms with Crippen molar-refractivity contribution in [3.63, 3.8) is 0 Å². The molecular weight excluding hydrogens is 254 g/mol. The van der Waals surface area contributed by atoms with Crippen molar-refractivity contribution < 1.29 is 4.74 Å². The van der Waals surface area contributed by atoms with Gasteiger partial charge in [0.25, 0.3) is 0 Å². The smallest absolute Gasteiger partial charge is 0.323 e. The van der Waals surface area contributed by atoms with Crippen LogP contribution in [-0.4, -0.2) is 40.7 Å². The molecule has 0 atom stereocenters. The van der Waals surface area contributed by atoms with Gasteiger partial charge in [0, 0.05) is 19.1 Å². The second kappa shape index (κ2) is 7.26. The molecule has 1 aliphatic rings. The molecule has 1 saturated carbocycles. The molecule has 1 N–H and O–H groups in total. The van der Waals surface area contributed by atoms with Crippen molar-refractivity contribution in [2.75, 3.05) is 29.9 Å². The van der Waals surface area contributed by atoms with Crippen molar-refractivity contribution >= 4 is 11.9 Å². The van der Waals surface area contributed by atoms with E-state index in [4.69, 9.17) is 4.74 Å². The third-order valence-corrected chi connectivity index (χ3v) is 3.21. The fourth-order valence-electron chi connectivity index (χ4n) is 2.07. The number of rotatable bonds is 9. The first kappa shape index (κ1) is 14.8. The van der Waals surface area contributed by atoms with Gasteiger partial charge in [0.2, 0.25) is 11.9 Å². The summed E-state index contributed by atoms with van der Waals surface area (Å²) < 4.78 is 5.46. The lowest BCUT2D eigenvalue weighted by atomic mass is 10.3. The summed E-state index contributed by atoms with van der Waals surface area (Å²) in [6, 6.07) is 1.00. The number of aromatic nitrogens is 3. The molecule has 6 nitrogen and oxygen atoms in total. The summed E-state index contributed by atoms with van der Waals surface area (Å²) in [5, 5.41) is 3.15. The van der Waals surface area contributed by atoms with Gasteiger partial charge in [-0.3, -0.25) is 0 Å². The summed E-state index contributed by atoms with van der Waals surface area (Å²) in [6.45, 7) is 8.52. The lowest BCUT2D eigenvalue weighted by Gasteiger charge is -2.22. The Morgan fingerprint density at radius 3 is 2.60 bits per heavy atom. The molecule has 0 unspecified atom stereocenters. The summed E-state index contributed by atoms with van der Waals surface area (Å²) >= 11 is 0. The first-order valence-electron chi connectivity index (χ1n) is 7.67. The maximum absolute atomic E-state index is 5.46. The van der Waals surface area contributed by atoms with Crippen molar-refractivity contribution in [2.45, 2.75) is 52.5 Å². The third kappa shape index (κ3) is 3.95. The maximum atomic E-state index is 5.46. The molecule has 112 valence electrons. The van der Waals surface area contributed by atoms with Gasteiger partial charge < -0.3 is 15.0 Å². The standard InChI is InChI=1S/C14H25N5O/c1-4-7-10-19(11-8-9-11)13-16-12(15-5-2)17-14(18-13)20-6-3/h11H,4-10H2,1-3H3,(H,15,16,17,18). The number of nitrogens with one attached hydrogen (secondary N) is 1. The topological polar surface area (TPSA) is 63.2 Å². The summed E-state index contributed by atoms with van der Waals surface area (Å²) in [4.78, 5) is 15.6. The lowest BCUT2D eigenvalue weighted by Crippen LogP contribution is -2.29. The number of hydrogen-bond acceptors (Lipinski definition) is 6. The Morgan fingerprint density at radius 2 is 2.00 bits per heavy atom. The summed E-state index contributed by atoms with van der Waals surface area (Å²) in [5.74, 6) is 1.35. The molecule has 1 aliphatic carbocycles. The average molecular weight is 279 g/mol. The molecule has 0 amide bonds. The van der Waals surface area contributed by atoms with Gasteiger partial charge in [-0.05, 0) is 33.1 Å². The van der Waals surface area contributed by atoms with Gasteiger partial charge in [0.1, 0.15) is 0 Å². The van der Waals surface area contributed by atoms with E-state index < -0.39 is 0 Å². The molecule has 0 saturated heterocycles. The zero-order valence-corrected chi connectivity index (χ0v) is 12.7. The highest BCUT2D eigenvalue weighted by molar-refractivity contribution is 5.40. The van der Waals surface area contributed by atoms with Crippen LogP contribution in [0, 0.1) is 0 Å². The Labute approximate surface area is 121 Å². The number of hydrogen-bond donors (Lipinski definition) is 1. The highest BCUT2D eigenvalue weighted by Crippen LogP contribution is 2.31. The van der Waals surface area contributed by atoms with Crippen molar-refractivity contribution in [3.05, 3.63) is 0 Å². The molecule has 20 heavy (non-hydrogen) atoms. The van der Waals surface area contributed by atoms with E-state index in [2.05, 4.69) is 32.1 Å². The number of nitrogens with zero attached hydrogens (tertiary/aromatic N) is 4. The maximum Gasteiger partial charge on any atom is 0.323 e. The fourth-order valence-corrected chi connectivity index (χ4v) is 2.07. The van der Waals surface area contributed by atoms with E-state index in [9.17, 15) is 0 Å². The van der Waals surface area contributed by atoms with Crippen LogP contribution in [-0.2, 0) is 0 Å². The molecule has 1 fully saturated rings. The van der Waals surface area contributed by atoms with Crippen LogP contribution in [0.15, 0.2) is 0 Å². The molecule has 1 heterocycles. The Kier molecular flexibility index (Phi) is 5.38. The van der Waals surface area contributed by atoms with Gasteiger partial charge >= 0.3 is 6.01 Å². The van der Waals surface area contributed by atoms with Gasteiger partial charge in [-0.1, -0.05) is 13.3 Å². The SMILES string of the molecule is CCCCN(c1nc(NCC)nc(OCC)n1)C1CC1. The van der Waals surface area contributed by atoms with Gasteiger partial charge in [-0.2, -0.15) is 15.0 Å². The second-order valence-electron chi connectivity index (χ2n) is 4.98. The van der Waals surface area contributed by atoms with Crippen LogP contribution in [0.1, 0.15) is 46.5 Å². The molecule has 0 spiro atoms. The zero-order chi connectivity index (χ0) is 14.4. The summed E-state index contributed by atoms with van der Waals surface area (Å²) in [5.41, 5.74) is 0. The minimum atomic E-state index is 0.413. The van der Waals surface area contributed by atoms with E-state index in [-0.39, 0.29) is 0 Å². The summed E-state index contributed by atoms with van der Waals surface area (Å²) in [6.07, 6.45) is 4.79. The molecular formula is C14H25N5O. The Bertz CT molecular complexity index is 398. The van der Waals surface area contributed by atoms with Gasteiger partial charge in [-0.15, -0.1) is 0 Å². The van der Waals surface area contributed by atoms with E-state index in [0.717, 1.165) is 25.5 Å². The van der Waals surface area contributed by atoms with Crippen LogP contribution in [0.25, 0.3) is 0 Å². The first-order valence-corrected chi connectivity index (χ1v) is 7.67. The lowest BCUT2D eigenvalue weighted by molar-refractivity contribution is 0.312. The largest absolute Gasteiger partial charge is 0.464 e. The van der Waals surface area contributed by atoms with Crippen molar-refractivity contribution in [1.82, 2.24) is 15.0 Å². The Hall–Kier alpha value is -1.59. The highest BCUT2D eigenvalue weighted by Gasteiger charge is 2.31. The van der Waals surface area contributed by atoms with Crippen molar-refractivity contribution in [2.24, 2.45) is 0 Å². The molecule has 6 heteroatoms. The molecule has 0 aliphatic heterocycles. The van der Waals surface area contributed by atoms with Gasteiger partial charge in [-0.25, -0.2) is 0 Å². The summed E-state index contributed by atoms with van der Waals surface area (Å²) in [7, 11) is 0. The van der Waals surface area contributed by atoms with E-state index in [0.29, 0.717) is 24.6 Å². The van der Waals surface area contributed by atoms with Gasteiger partial charge in [0.15, 0.2) is 0 Å². The molecule has 1 aromatic rings. The average Bonchev–Trinajstić information content (AvgIpc) is 3.24. The van der Waals surface area contributed by atoms with Crippen LogP contribution in [0.5, 0.6) is 6.01 Å². The van der Waals surface area contributed by atoms with Crippen LogP contribution < -0.4 is 15.0 Å². The Morgan fingerprint density at radius 1 is 1.20 bits per heavy atom. The molecule has 0 radical (unpaired) electrons. The van der Waals surface area contributed by atoms with Crippen molar-refractivity contribution in [3.8, 4) is 6.01 Å². The molecule has 2 rings (SSSR count). The fraction of sp³-hybridized carbons (Fsp3) is 0.786. The second-order valence-corrected chi connectivity index (χ2v) is 4.98. The quantitative estimate of drug-likeness (QED) is 0.749. The predicted octanol–water partition coefficient (Wildman–Crippen LogP) is 2.47. The van der Waals surface area contributed by atoms with Crippen molar-refractivity contribution in [1.29, 1.82) is 0 Å². The first-order chi connectivity index (χ1) is 9.78. The number of anilines is 2. The van der Waals surface area contributed by atoms with Crippen LogP contribution in [0.2, 0.25) is 0 Å². The van der Waals surface area contributed by atoms with E-state index in [1.54, 1.807) is 0 Å². The molecule has 1 aromatic heterocycles. The van der Waals surface area contributed by atoms with Crippen LogP contribution >= 0.6 is 0 Å². The van der Waals surface area contributed by atoms with Gasteiger partial charge in [0.05, 0.1) is 6.61 Å². The normalized spacial score (nSPS) is 14.2. The minimum Gasteiger partial charge on any atom is -0.464 e. The van der Waals surface area contributed by atoms with E-state index >= 15 is 0 Å².